The molecule has 12 heteroatoms. The molecule has 19 heavy (non-hydrogen) atoms. The van der Waals surface area contributed by atoms with Crippen molar-refractivity contribution in [2.45, 2.75) is 11.2 Å². The number of rotatable bonds is 4. The molecule has 2 aromatic heterocycles. The number of nitrogens with two attached hydrogens (primary N) is 1. The van der Waals surface area contributed by atoms with Crippen molar-refractivity contribution in [2.75, 3.05) is 12.0 Å². The van der Waals surface area contributed by atoms with Crippen molar-refractivity contribution < 1.29 is 21.6 Å². The number of alkyl halides is 3. The highest BCUT2D eigenvalue weighted by atomic mass is 32.2. The Morgan fingerprint density at radius 2 is 2.16 bits per heavy atom. The zero-order chi connectivity index (χ0) is 14.3. The lowest BCUT2D eigenvalue weighted by atomic mass is 10.7. The number of nitrogens with zero attached hydrogens (tertiary/aromatic N) is 2. The Bertz CT molecular complexity index is 689. The molecule has 2 heterocycles. The summed E-state index contributed by atoms with van der Waals surface area (Å²) in [5.41, 5.74) is 2.05. The summed E-state index contributed by atoms with van der Waals surface area (Å²) in [5, 5.41) is 1.08. The fraction of sp³-hybridized carbons (Fsp3) is 0.286. The number of hydrazine groups is 1. The molecule has 2 aromatic rings. The quantitative estimate of drug-likeness (QED) is 0.564. The van der Waals surface area contributed by atoms with Crippen LogP contribution in [-0.4, -0.2) is 30.5 Å². The first-order valence-electron chi connectivity index (χ1n) is 4.73. The molecule has 0 saturated heterocycles. The lowest BCUT2D eigenvalue weighted by molar-refractivity contribution is -0.121. The molecule has 0 aromatic carbocycles. The van der Waals surface area contributed by atoms with Gasteiger partial charge in [0.25, 0.3) is 10.0 Å². The molecule has 4 N–H and O–H groups in total. The third kappa shape index (κ3) is 2.80. The predicted octanol–water partition coefficient (Wildman–Crippen LogP) is 0.522. The molecule has 2 rings (SSSR count). The van der Waals surface area contributed by atoms with Gasteiger partial charge in [0.15, 0.2) is 10.8 Å². The topological polar surface area (TPSA) is 102 Å². The molecule has 0 amide bonds. The largest absolute Gasteiger partial charge is 0.402 e. The van der Waals surface area contributed by atoms with Gasteiger partial charge in [0.2, 0.25) is 5.03 Å². The van der Waals surface area contributed by atoms with Crippen LogP contribution >= 0.6 is 11.3 Å². The Balaban J connectivity index is 2.44. The van der Waals surface area contributed by atoms with Crippen molar-refractivity contribution in [3.8, 4) is 0 Å². The van der Waals surface area contributed by atoms with E-state index in [1.54, 1.807) is 5.38 Å². The van der Waals surface area contributed by atoms with E-state index in [0.29, 0.717) is 4.96 Å². The summed E-state index contributed by atoms with van der Waals surface area (Å²) in [4.78, 5) is 4.14. The number of sulfonamides is 1. The van der Waals surface area contributed by atoms with E-state index in [1.165, 1.54) is 10.9 Å². The summed E-state index contributed by atoms with van der Waals surface area (Å²) < 4.78 is 62.6. The first kappa shape index (κ1) is 14.0. The SMILES string of the molecule is NNc1nc2sccn2c1S(=O)(=O)NCC(F)(F)F. The van der Waals surface area contributed by atoms with Crippen molar-refractivity contribution in [1.29, 1.82) is 0 Å². The van der Waals surface area contributed by atoms with Gasteiger partial charge in [0, 0.05) is 11.6 Å². The first-order chi connectivity index (χ1) is 8.74. The monoisotopic (exact) mass is 315 g/mol. The third-order valence-corrected chi connectivity index (χ3v) is 4.25. The number of hydrogen-bond acceptors (Lipinski definition) is 6. The smallest absolute Gasteiger partial charge is 0.306 e. The van der Waals surface area contributed by atoms with Gasteiger partial charge >= 0.3 is 6.18 Å². The van der Waals surface area contributed by atoms with Gasteiger partial charge in [-0.15, -0.1) is 11.3 Å². The molecule has 0 spiro atoms. The van der Waals surface area contributed by atoms with E-state index in [0.717, 1.165) is 15.7 Å². The highest BCUT2D eigenvalue weighted by Crippen LogP contribution is 2.25. The second-order valence-electron chi connectivity index (χ2n) is 3.41. The number of aromatic nitrogens is 2. The molecule has 0 unspecified atom stereocenters. The molecule has 0 atom stereocenters. The number of nitrogens with one attached hydrogen (secondary N) is 2. The highest BCUT2D eigenvalue weighted by molar-refractivity contribution is 7.89. The number of imidazole rings is 1. The Morgan fingerprint density at radius 3 is 2.74 bits per heavy atom. The fourth-order valence-corrected chi connectivity index (χ4v) is 3.39. The van der Waals surface area contributed by atoms with Crippen LogP contribution in [0.3, 0.4) is 0 Å². The minimum atomic E-state index is -4.65. The van der Waals surface area contributed by atoms with Gasteiger partial charge in [-0.05, 0) is 0 Å². The van der Waals surface area contributed by atoms with Crippen LogP contribution in [-0.2, 0) is 10.0 Å². The molecular weight excluding hydrogens is 307 g/mol. The molecule has 0 aliphatic rings. The maximum atomic E-state index is 12.1. The number of thiazole rings is 1. The van der Waals surface area contributed by atoms with E-state index < -0.39 is 27.8 Å². The van der Waals surface area contributed by atoms with Gasteiger partial charge in [0.05, 0.1) is 0 Å². The summed E-state index contributed by atoms with van der Waals surface area (Å²) in [5.74, 6) is 4.90. The van der Waals surface area contributed by atoms with Gasteiger partial charge in [-0.2, -0.15) is 18.2 Å². The molecule has 0 aliphatic carbocycles. The summed E-state index contributed by atoms with van der Waals surface area (Å²) in [6.45, 7) is -1.67. The Hall–Kier alpha value is -1.37. The number of hydrogen-bond donors (Lipinski definition) is 3. The fourth-order valence-electron chi connectivity index (χ4n) is 1.36. The Morgan fingerprint density at radius 1 is 1.47 bits per heavy atom. The van der Waals surface area contributed by atoms with Crippen LogP contribution in [0, 0.1) is 0 Å². The molecule has 0 fully saturated rings. The average molecular weight is 315 g/mol. The number of fused-ring (bicyclic) bond motifs is 1. The summed E-state index contributed by atoms with van der Waals surface area (Å²) in [7, 11) is -4.39. The van der Waals surface area contributed by atoms with Crippen LogP contribution in [0.2, 0.25) is 0 Å². The Labute approximate surface area is 109 Å². The zero-order valence-electron chi connectivity index (χ0n) is 9.10. The maximum Gasteiger partial charge on any atom is 0.402 e. The van der Waals surface area contributed by atoms with Crippen molar-refractivity contribution in [2.24, 2.45) is 5.84 Å². The second kappa shape index (κ2) is 4.63. The van der Waals surface area contributed by atoms with Crippen molar-refractivity contribution in [3.63, 3.8) is 0 Å². The number of nitrogen functional groups attached to an aromatic ring is 1. The van der Waals surface area contributed by atoms with Gasteiger partial charge in [0.1, 0.15) is 6.54 Å². The minimum absolute atomic E-state index is 0.221. The number of anilines is 1. The van der Waals surface area contributed by atoms with Crippen molar-refractivity contribution in [1.82, 2.24) is 14.1 Å². The van der Waals surface area contributed by atoms with Crippen LogP contribution in [0.1, 0.15) is 0 Å². The zero-order valence-corrected chi connectivity index (χ0v) is 10.7. The summed E-state index contributed by atoms with van der Waals surface area (Å²) in [6, 6.07) is 0. The first-order valence-corrected chi connectivity index (χ1v) is 7.09. The molecule has 0 bridgehead atoms. The van der Waals surface area contributed by atoms with Crippen LogP contribution in [0.5, 0.6) is 0 Å². The van der Waals surface area contributed by atoms with E-state index in [1.807, 2.05) is 5.43 Å². The van der Waals surface area contributed by atoms with Crippen LogP contribution in [0.25, 0.3) is 4.96 Å². The van der Waals surface area contributed by atoms with Crippen LogP contribution in [0.15, 0.2) is 16.6 Å². The minimum Gasteiger partial charge on any atom is -0.306 e. The maximum absolute atomic E-state index is 12.1. The van der Waals surface area contributed by atoms with E-state index in [4.69, 9.17) is 5.84 Å². The third-order valence-electron chi connectivity index (χ3n) is 2.07. The van der Waals surface area contributed by atoms with Gasteiger partial charge in [-0.25, -0.2) is 19.0 Å². The Kier molecular flexibility index (Phi) is 3.42. The van der Waals surface area contributed by atoms with E-state index >= 15 is 0 Å². The lowest BCUT2D eigenvalue weighted by Gasteiger charge is -2.09. The standard InChI is InChI=1S/C7H8F3N5O2S2/c8-7(9,10)3-12-19(16,17)5-4(14-11)13-6-15(5)1-2-18-6/h1-2,12,14H,3,11H2. The van der Waals surface area contributed by atoms with E-state index in [2.05, 4.69) is 4.98 Å². The summed E-state index contributed by atoms with van der Waals surface area (Å²) >= 11 is 1.12. The normalized spacial score (nSPS) is 13.1. The molecule has 0 radical (unpaired) electrons. The van der Waals surface area contributed by atoms with Crippen molar-refractivity contribution in [3.05, 3.63) is 11.6 Å². The van der Waals surface area contributed by atoms with Gasteiger partial charge in [-0.3, -0.25) is 4.40 Å². The van der Waals surface area contributed by atoms with Crippen molar-refractivity contribution >= 4 is 32.1 Å². The van der Waals surface area contributed by atoms with Crippen LogP contribution in [0.4, 0.5) is 19.0 Å². The molecule has 106 valence electrons. The molecule has 0 saturated carbocycles. The highest BCUT2D eigenvalue weighted by Gasteiger charge is 2.33. The van der Waals surface area contributed by atoms with E-state index in [9.17, 15) is 21.6 Å². The second-order valence-corrected chi connectivity index (χ2v) is 5.96. The summed E-state index contributed by atoms with van der Waals surface area (Å²) in [6.07, 6.45) is -3.28. The van der Waals surface area contributed by atoms with E-state index in [-0.39, 0.29) is 5.82 Å². The molecule has 0 aliphatic heterocycles. The average Bonchev–Trinajstić information content (AvgIpc) is 2.83. The van der Waals surface area contributed by atoms with Gasteiger partial charge < -0.3 is 5.43 Å². The molecular formula is C7H8F3N5O2S2. The number of halogens is 3. The predicted molar refractivity (Wildman–Crippen MR) is 62.1 cm³/mol. The molecule has 7 nitrogen and oxygen atoms in total. The van der Waals surface area contributed by atoms with Gasteiger partial charge in [-0.1, -0.05) is 0 Å². The van der Waals surface area contributed by atoms with Crippen LogP contribution < -0.4 is 16.0 Å². The lowest BCUT2D eigenvalue weighted by Crippen LogP contribution is -2.34.